The Labute approximate surface area is 112 Å². The second kappa shape index (κ2) is 16.4. The first-order valence-corrected chi connectivity index (χ1v) is 7.01. The van der Waals surface area contributed by atoms with Crippen molar-refractivity contribution in [3.05, 3.63) is 0 Å². The monoisotopic (exact) mass is 262 g/mol. The molecule has 110 valence electrons. The van der Waals surface area contributed by atoms with Crippen molar-refractivity contribution in [3.63, 3.8) is 0 Å². The first-order chi connectivity index (χ1) is 8.58. The second-order valence-corrected chi connectivity index (χ2v) is 4.17. The molecule has 1 atom stereocenters. The van der Waals surface area contributed by atoms with Gasteiger partial charge in [-0.05, 0) is 12.8 Å². The normalized spacial score (nSPS) is 11.4. The minimum atomic E-state index is -0.910. The third kappa shape index (κ3) is 20.8. The maximum atomic E-state index is 10.1. The Morgan fingerprint density at radius 3 is 1.89 bits per heavy atom. The van der Waals surface area contributed by atoms with Gasteiger partial charge < -0.3 is 14.6 Å². The van der Waals surface area contributed by atoms with Gasteiger partial charge in [0.1, 0.15) is 0 Å². The topological polar surface area (TPSA) is 55.8 Å². The van der Waals surface area contributed by atoms with Gasteiger partial charge in [0.25, 0.3) is 0 Å². The standard InChI is InChI=1S/C8H18O.C6H12O3/c1-3-5-7-9-8-6-4-2;1-3-4-6(8)9-5(2)7/h3-8H2,1-2H3;6,8H,3-4H2,1-2H3. The lowest BCUT2D eigenvalue weighted by atomic mass is 10.3. The fraction of sp³-hybridized carbons (Fsp3) is 0.929. The van der Waals surface area contributed by atoms with Gasteiger partial charge in [-0.2, -0.15) is 0 Å². The number of aliphatic hydroxyl groups is 1. The van der Waals surface area contributed by atoms with Gasteiger partial charge >= 0.3 is 5.97 Å². The van der Waals surface area contributed by atoms with Crippen LogP contribution in [0.15, 0.2) is 0 Å². The molecule has 0 heterocycles. The Kier molecular flexibility index (Phi) is 18.0. The minimum Gasteiger partial charge on any atom is -0.436 e. The molecule has 0 aromatic carbocycles. The Morgan fingerprint density at radius 1 is 1.06 bits per heavy atom. The molecule has 0 bridgehead atoms. The van der Waals surface area contributed by atoms with E-state index in [2.05, 4.69) is 18.6 Å². The van der Waals surface area contributed by atoms with Gasteiger partial charge in [-0.1, -0.05) is 40.0 Å². The van der Waals surface area contributed by atoms with E-state index in [4.69, 9.17) is 9.84 Å². The van der Waals surface area contributed by atoms with Gasteiger partial charge in [0.15, 0.2) is 0 Å². The predicted octanol–water partition coefficient (Wildman–Crippen LogP) is 3.27. The third-order valence-electron chi connectivity index (χ3n) is 2.12. The molecule has 0 radical (unpaired) electrons. The molecule has 0 saturated heterocycles. The zero-order chi connectivity index (χ0) is 14.2. The van der Waals surface area contributed by atoms with Crippen molar-refractivity contribution >= 4 is 5.97 Å². The summed E-state index contributed by atoms with van der Waals surface area (Å²) in [7, 11) is 0. The number of carbonyl (C=O) groups excluding carboxylic acids is 1. The van der Waals surface area contributed by atoms with Gasteiger partial charge in [-0.25, -0.2) is 0 Å². The number of carbonyl (C=O) groups is 1. The van der Waals surface area contributed by atoms with Crippen molar-refractivity contribution in [2.45, 2.75) is 72.5 Å². The van der Waals surface area contributed by atoms with E-state index in [9.17, 15) is 4.79 Å². The van der Waals surface area contributed by atoms with Gasteiger partial charge in [0.05, 0.1) is 0 Å². The van der Waals surface area contributed by atoms with Gasteiger partial charge in [0.2, 0.25) is 6.29 Å². The van der Waals surface area contributed by atoms with Crippen LogP contribution in [0, 0.1) is 0 Å². The number of ether oxygens (including phenoxy) is 2. The van der Waals surface area contributed by atoms with Crippen molar-refractivity contribution in [1.29, 1.82) is 0 Å². The summed E-state index contributed by atoms with van der Waals surface area (Å²) in [4.78, 5) is 10.1. The van der Waals surface area contributed by atoms with Crippen LogP contribution >= 0.6 is 0 Å². The number of aliphatic hydroxyl groups excluding tert-OH is 1. The van der Waals surface area contributed by atoms with Crippen LogP contribution in [-0.4, -0.2) is 30.6 Å². The highest BCUT2D eigenvalue weighted by Gasteiger charge is 2.03. The fourth-order valence-electron chi connectivity index (χ4n) is 1.09. The van der Waals surface area contributed by atoms with Gasteiger partial charge in [-0.15, -0.1) is 0 Å². The Bertz CT molecular complexity index is 165. The van der Waals surface area contributed by atoms with E-state index < -0.39 is 12.3 Å². The largest absolute Gasteiger partial charge is 0.436 e. The molecule has 0 amide bonds. The lowest BCUT2D eigenvalue weighted by molar-refractivity contribution is -0.165. The molecular weight excluding hydrogens is 232 g/mol. The molecule has 0 aliphatic carbocycles. The van der Waals surface area contributed by atoms with Crippen molar-refractivity contribution < 1.29 is 19.4 Å². The molecule has 0 aromatic rings. The van der Waals surface area contributed by atoms with Crippen LogP contribution in [-0.2, 0) is 14.3 Å². The summed E-state index contributed by atoms with van der Waals surface area (Å²) < 4.78 is 9.72. The first-order valence-electron chi connectivity index (χ1n) is 7.01. The van der Waals surface area contributed by atoms with Crippen LogP contribution in [0.4, 0.5) is 0 Å². The van der Waals surface area contributed by atoms with Crippen LogP contribution in [0.3, 0.4) is 0 Å². The minimum absolute atomic E-state index is 0.434. The van der Waals surface area contributed by atoms with Crippen LogP contribution < -0.4 is 0 Å². The molecule has 1 unspecified atom stereocenters. The Balaban J connectivity index is 0. The maximum Gasteiger partial charge on any atom is 0.304 e. The van der Waals surface area contributed by atoms with Crippen molar-refractivity contribution in [3.8, 4) is 0 Å². The average molecular weight is 262 g/mol. The summed E-state index contributed by atoms with van der Waals surface area (Å²) in [5, 5.41) is 8.78. The number of esters is 1. The molecule has 0 aliphatic heterocycles. The highest BCUT2D eigenvalue weighted by molar-refractivity contribution is 5.65. The lowest BCUT2D eigenvalue weighted by Gasteiger charge is -2.07. The van der Waals surface area contributed by atoms with E-state index in [1.807, 2.05) is 6.92 Å². The van der Waals surface area contributed by atoms with Crippen LogP contribution in [0.5, 0.6) is 0 Å². The summed E-state index contributed by atoms with van der Waals surface area (Å²) in [6.07, 6.45) is 5.33. The second-order valence-electron chi connectivity index (χ2n) is 4.17. The van der Waals surface area contributed by atoms with E-state index in [1.165, 1.54) is 32.6 Å². The molecule has 4 heteroatoms. The molecule has 4 nitrogen and oxygen atoms in total. The van der Waals surface area contributed by atoms with Gasteiger partial charge in [0, 0.05) is 26.6 Å². The number of hydrogen-bond donors (Lipinski definition) is 1. The van der Waals surface area contributed by atoms with Crippen LogP contribution in [0.2, 0.25) is 0 Å². The van der Waals surface area contributed by atoms with E-state index >= 15 is 0 Å². The SMILES string of the molecule is CCCC(O)OC(C)=O.CCCCOCCCC. The van der Waals surface area contributed by atoms with E-state index in [-0.39, 0.29) is 0 Å². The highest BCUT2D eigenvalue weighted by Crippen LogP contribution is 1.97. The number of hydrogen-bond acceptors (Lipinski definition) is 4. The van der Waals surface area contributed by atoms with Crippen molar-refractivity contribution in [2.75, 3.05) is 13.2 Å². The zero-order valence-electron chi connectivity index (χ0n) is 12.4. The summed E-state index contributed by atoms with van der Waals surface area (Å²) in [6, 6.07) is 0. The lowest BCUT2D eigenvalue weighted by Crippen LogP contribution is -2.14. The van der Waals surface area contributed by atoms with Crippen molar-refractivity contribution in [1.82, 2.24) is 0 Å². The average Bonchev–Trinajstić information content (AvgIpc) is 2.29. The van der Waals surface area contributed by atoms with Crippen LogP contribution in [0.25, 0.3) is 0 Å². The number of unbranched alkanes of at least 4 members (excludes halogenated alkanes) is 2. The quantitative estimate of drug-likeness (QED) is 0.393. The Hall–Kier alpha value is -0.610. The highest BCUT2D eigenvalue weighted by atomic mass is 16.6. The smallest absolute Gasteiger partial charge is 0.304 e. The molecule has 0 aromatic heterocycles. The molecule has 0 spiro atoms. The molecule has 1 N–H and O–H groups in total. The zero-order valence-corrected chi connectivity index (χ0v) is 12.4. The first kappa shape index (κ1) is 19.7. The molecule has 18 heavy (non-hydrogen) atoms. The Morgan fingerprint density at radius 2 is 1.56 bits per heavy atom. The van der Waals surface area contributed by atoms with Gasteiger partial charge in [-0.3, -0.25) is 4.79 Å². The molecular formula is C14H30O4. The maximum absolute atomic E-state index is 10.1. The molecule has 0 rings (SSSR count). The van der Waals surface area contributed by atoms with E-state index in [0.29, 0.717) is 6.42 Å². The van der Waals surface area contributed by atoms with E-state index in [0.717, 1.165) is 19.6 Å². The molecule has 0 saturated carbocycles. The summed E-state index contributed by atoms with van der Waals surface area (Å²) >= 11 is 0. The summed E-state index contributed by atoms with van der Waals surface area (Å²) in [6.45, 7) is 9.46. The summed E-state index contributed by atoms with van der Waals surface area (Å²) in [5.41, 5.74) is 0. The predicted molar refractivity (Wildman–Crippen MR) is 73.3 cm³/mol. The molecule has 0 fully saturated rings. The summed E-state index contributed by atoms with van der Waals surface area (Å²) in [5.74, 6) is -0.434. The number of rotatable bonds is 9. The van der Waals surface area contributed by atoms with Crippen LogP contribution in [0.1, 0.15) is 66.2 Å². The molecule has 0 aliphatic rings. The van der Waals surface area contributed by atoms with E-state index in [1.54, 1.807) is 0 Å². The fourth-order valence-corrected chi connectivity index (χ4v) is 1.09. The van der Waals surface area contributed by atoms with Crippen molar-refractivity contribution in [2.24, 2.45) is 0 Å². The third-order valence-corrected chi connectivity index (χ3v) is 2.12.